The van der Waals surface area contributed by atoms with Crippen molar-refractivity contribution in [2.75, 3.05) is 11.4 Å². The summed E-state index contributed by atoms with van der Waals surface area (Å²) in [4.78, 5) is 17.5. The van der Waals surface area contributed by atoms with Gasteiger partial charge in [-0.15, -0.1) is 0 Å². The number of fused-ring (bicyclic) bond motifs is 1. The number of carbonyl (C=O) groups is 1. The van der Waals surface area contributed by atoms with Crippen molar-refractivity contribution >= 4 is 23.4 Å². The van der Waals surface area contributed by atoms with Crippen molar-refractivity contribution in [3.05, 3.63) is 23.0 Å². The van der Waals surface area contributed by atoms with Crippen LogP contribution in [0.1, 0.15) is 26.3 Å². The third-order valence-corrected chi connectivity index (χ3v) is 2.65. The zero-order chi connectivity index (χ0) is 12.6. The van der Waals surface area contributed by atoms with E-state index in [0.717, 1.165) is 17.7 Å². The molecule has 2 heterocycles. The third kappa shape index (κ3) is 2.69. The highest BCUT2D eigenvalue weighted by Crippen LogP contribution is 2.29. The summed E-state index contributed by atoms with van der Waals surface area (Å²) >= 11 is 5.81. The molecule has 1 amide bonds. The largest absolute Gasteiger partial charge is 0.443 e. The molecule has 0 bridgehead atoms. The fourth-order valence-corrected chi connectivity index (χ4v) is 1.94. The fourth-order valence-electron chi connectivity index (χ4n) is 1.76. The average Bonchev–Trinajstić information content (AvgIpc) is 2.57. The normalized spacial score (nSPS) is 14.7. The smallest absolute Gasteiger partial charge is 0.414 e. The van der Waals surface area contributed by atoms with Gasteiger partial charge in [-0.25, -0.2) is 9.78 Å². The van der Waals surface area contributed by atoms with Gasteiger partial charge >= 0.3 is 6.09 Å². The van der Waals surface area contributed by atoms with E-state index in [0.29, 0.717) is 11.7 Å². The molecule has 1 aliphatic rings. The number of anilines is 1. The maximum absolute atomic E-state index is 12.0. The minimum atomic E-state index is -0.486. The number of hydrogen-bond acceptors (Lipinski definition) is 3. The number of rotatable bonds is 0. The van der Waals surface area contributed by atoms with Gasteiger partial charge in [0.15, 0.2) is 0 Å². The Labute approximate surface area is 106 Å². The first-order valence-corrected chi connectivity index (χ1v) is 5.89. The van der Waals surface area contributed by atoms with Gasteiger partial charge in [0.25, 0.3) is 0 Å². The van der Waals surface area contributed by atoms with Crippen molar-refractivity contribution in [2.45, 2.75) is 32.8 Å². The lowest BCUT2D eigenvalue weighted by atomic mass is 10.2. The molecule has 0 fully saturated rings. The summed E-state index contributed by atoms with van der Waals surface area (Å²) in [5.41, 5.74) is 1.35. The standard InChI is InChI=1S/C12H15ClN2O2/c1-12(2,3)17-11(16)15-5-4-8-6-10(13)14-7-9(8)15/h6-7H,4-5H2,1-3H3. The molecule has 2 rings (SSSR count). The molecular weight excluding hydrogens is 240 g/mol. The van der Waals surface area contributed by atoms with E-state index in [1.807, 2.05) is 20.8 Å². The molecule has 0 N–H and O–H groups in total. The van der Waals surface area contributed by atoms with Crippen molar-refractivity contribution in [3.8, 4) is 0 Å². The second-order valence-electron chi connectivity index (χ2n) is 5.02. The molecule has 0 spiro atoms. The Bertz CT molecular complexity index is 454. The van der Waals surface area contributed by atoms with Crippen LogP contribution in [0.15, 0.2) is 12.3 Å². The lowest BCUT2D eigenvalue weighted by Gasteiger charge is -2.24. The van der Waals surface area contributed by atoms with Crippen LogP contribution in [-0.2, 0) is 11.2 Å². The Balaban J connectivity index is 2.20. The second kappa shape index (κ2) is 4.18. The summed E-state index contributed by atoms with van der Waals surface area (Å²) in [5, 5.41) is 0.454. The molecule has 0 saturated heterocycles. The predicted octanol–water partition coefficient (Wildman–Crippen LogP) is 3.03. The molecule has 0 atom stereocenters. The highest BCUT2D eigenvalue weighted by molar-refractivity contribution is 6.29. The summed E-state index contributed by atoms with van der Waals surface area (Å²) < 4.78 is 5.33. The van der Waals surface area contributed by atoms with Crippen LogP contribution in [0.4, 0.5) is 10.5 Å². The first-order chi connectivity index (χ1) is 7.87. The Morgan fingerprint density at radius 2 is 2.24 bits per heavy atom. The molecule has 1 aromatic heterocycles. The van der Waals surface area contributed by atoms with Gasteiger partial charge in [-0.1, -0.05) is 11.6 Å². The second-order valence-corrected chi connectivity index (χ2v) is 5.40. The van der Waals surface area contributed by atoms with Crippen LogP contribution < -0.4 is 4.90 Å². The van der Waals surface area contributed by atoms with Crippen LogP contribution in [0.2, 0.25) is 5.15 Å². The summed E-state index contributed by atoms with van der Waals surface area (Å²) in [5.74, 6) is 0. The summed E-state index contributed by atoms with van der Waals surface area (Å²) in [6.07, 6.45) is 2.08. The van der Waals surface area contributed by atoms with Gasteiger partial charge in [-0.3, -0.25) is 4.90 Å². The molecule has 1 aromatic rings. The SMILES string of the molecule is CC(C)(C)OC(=O)N1CCc2cc(Cl)ncc21. The van der Waals surface area contributed by atoms with Gasteiger partial charge in [0.05, 0.1) is 11.9 Å². The molecule has 92 valence electrons. The summed E-state index contributed by atoms with van der Waals surface area (Å²) in [6, 6.07) is 1.79. The third-order valence-electron chi connectivity index (χ3n) is 2.44. The molecule has 0 aliphatic carbocycles. The maximum atomic E-state index is 12.0. The van der Waals surface area contributed by atoms with Crippen LogP contribution in [-0.4, -0.2) is 23.2 Å². The van der Waals surface area contributed by atoms with Gasteiger partial charge < -0.3 is 4.74 Å². The first kappa shape index (κ1) is 12.2. The van der Waals surface area contributed by atoms with Crippen molar-refractivity contribution in [1.82, 2.24) is 4.98 Å². The minimum absolute atomic E-state index is 0.333. The number of amides is 1. The molecule has 0 unspecified atom stereocenters. The summed E-state index contributed by atoms with van der Waals surface area (Å²) in [7, 11) is 0. The lowest BCUT2D eigenvalue weighted by Crippen LogP contribution is -2.35. The van der Waals surface area contributed by atoms with Crippen LogP contribution in [0.25, 0.3) is 0 Å². The monoisotopic (exact) mass is 254 g/mol. The van der Waals surface area contributed by atoms with E-state index in [4.69, 9.17) is 16.3 Å². The number of hydrogen-bond donors (Lipinski definition) is 0. The molecule has 4 nitrogen and oxygen atoms in total. The van der Waals surface area contributed by atoms with Crippen LogP contribution >= 0.6 is 11.6 Å². The van der Waals surface area contributed by atoms with Gasteiger partial charge in [-0.05, 0) is 38.8 Å². The van der Waals surface area contributed by atoms with Crippen molar-refractivity contribution in [1.29, 1.82) is 0 Å². The Hall–Kier alpha value is -1.29. The van der Waals surface area contributed by atoms with Gasteiger partial charge in [0.2, 0.25) is 0 Å². The van der Waals surface area contributed by atoms with E-state index in [2.05, 4.69) is 4.98 Å². The Morgan fingerprint density at radius 3 is 2.88 bits per heavy atom. The molecule has 1 aliphatic heterocycles. The molecule has 0 saturated carbocycles. The van der Waals surface area contributed by atoms with Crippen LogP contribution in [0.5, 0.6) is 0 Å². The predicted molar refractivity (Wildman–Crippen MR) is 66.5 cm³/mol. The van der Waals surface area contributed by atoms with E-state index in [9.17, 15) is 4.79 Å². The molecule has 0 aromatic carbocycles. The quantitative estimate of drug-likeness (QED) is 0.669. The minimum Gasteiger partial charge on any atom is -0.443 e. The Kier molecular flexibility index (Phi) is 3.00. The average molecular weight is 255 g/mol. The highest BCUT2D eigenvalue weighted by atomic mass is 35.5. The van der Waals surface area contributed by atoms with Crippen molar-refractivity contribution in [3.63, 3.8) is 0 Å². The molecular formula is C12H15ClN2O2. The van der Waals surface area contributed by atoms with E-state index in [1.54, 1.807) is 17.2 Å². The van der Waals surface area contributed by atoms with Crippen molar-refractivity contribution < 1.29 is 9.53 Å². The fraction of sp³-hybridized carbons (Fsp3) is 0.500. The number of halogens is 1. The molecule has 17 heavy (non-hydrogen) atoms. The van der Waals surface area contributed by atoms with E-state index in [1.165, 1.54) is 0 Å². The van der Waals surface area contributed by atoms with E-state index in [-0.39, 0.29) is 6.09 Å². The van der Waals surface area contributed by atoms with Gasteiger partial charge in [0, 0.05) is 6.54 Å². The number of pyridine rings is 1. The zero-order valence-electron chi connectivity index (χ0n) is 10.2. The number of ether oxygens (including phenoxy) is 1. The van der Waals surface area contributed by atoms with Gasteiger partial charge in [0.1, 0.15) is 10.8 Å². The molecule has 0 radical (unpaired) electrons. The number of nitrogens with zero attached hydrogens (tertiary/aromatic N) is 2. The summed E-state index contributed by atoms with van der Waals surface area (Å²) in [6.45, 7) is 6.16. The van der Waals surface area contributed by atoms with E-state index >= 15 is 0 Å². The first-order valence-electron chi connectivity index (χ1n) is 5.52. The Morgan fingerprint density at radius 1 is 1.53 bits per heavy atom. The van der Waals surface area contributed by atoms with Crippen LogP contribution in [0, 0.1) is 0 Å². The van der Waals surface area contributed by atoms with E-state index < -0.39 is 5.60 Å². The number of aromatic nitrogens is 1. The zero-order valence-corrected chi connectivity index (χ0v) is 10.9. The highest BCUT2D eigenvalue weighted by Gasteiger charge is 2.29. The van der Waals surface area contributed by atoms with Crippen LogP contribution in [0.3, 0.4) is 0 Å². The van der Waals surface area contributed by atoms with Crippen molar-refractivity contribution in [2.24, 2.45) is 0 Å². The topological polar surface area (TPSA) is 42.4 Å². The lowest BCUT2D eigenvalue weighted by molar-refractivity contribution is 0.0584. The molecule has 5 heteroatoms. The number of carbonyl (C=O) groups excluding carboxylic acids is 1. The van der Waals surface area contributed by atoms with Gasteiger partial charge in [-0.2, -0.15) is 0 Å². The maximum Gasteiger partial charge on any atom is 0.414 e.